The highest BCUT2D eigenvalue weighted by atomic mass is 35.5. The van der Waals surface area contributed by atoms with Crippen LogP contribution in [0.4, 0.5) is 4.39 Å². The molecule has 0 aliphatic carbocycles. The van der Waals surface area contributed by atoms with E-state index in [1.165, 1.54) is 0 Å². The normalized spacial score (nSPS) is 10.6. The zero-order chi connectivity index (χ0) is 20.4. The number of hydrogen-bond donors (Lipinski definition) is 0. The molecule has 3 aromatic rings. The van der Waals surface area contributed by atoms with Crippen LogP contribution in [-0.2, 0) is 9.47 Å². The summed E-state index contributed by atoms with van der Waals surface area (Å²) >= 11 is 11.9. The molecule has 8 heteroatoms. The number of nitrogens with zero attached hydrogens (tertiary/aromatic N) is 1. The van der Waals surface area contributed by atoms with Crippen LogP contribution in [0.15, 0.2) is 48.5 Å². The van der Waals surface area contributed by atoms with Crippen molar-refractivity contribution in [1.29, 1.82) is 0 Å². The minimum Gasteiger partial charge on any atom is -0.465 e. The summed E-state index contributed by atoms with van der Waals surface area (Å²) in [5.74, 6) is -2.84. The van der Waals surface area contributed by atoms with Crippen LogP contribution in [0, 0.1) is 5.95 Å². The molecular formula is C20H14Cl2FNO4. The van der Waals surface area contributed by atoms with Crippen molar-refractivity contribution in [3.63, 3.8) is 0 Å². The monoisotopic (exact) mass is 421 g/mol. The number of aromatic nitrogens is 1. The molecular weight excluding hydrogens is 408 g/mol. The first-order valence-electron chi connectivity index (χ1n) is 8.01. The summed E-state index contributed by atoms with van der Waals surface area (Å²) in [6.07, 6.45) is 0. The van der Waals surface area contributed by atoms with Gasteiger partial charge in [0.25, 0.3) is 0 Å². The number of benzene rings is 2. The fourth-order valence-electron chi connectivity index (χ4n) is 2.85. The van der Waals surface area contributed by atoms with Crippen molar-refractivity contribution in [3.8, 4) is 16.9 Å². The summed E-state index contributed by atoms with van der Waals surface area (Å²) in [5.41, 5.74) is 0.170. The molecule has 0 aliphatic heterocycles. The molecule has 0 aliphatic rings. The molecule has 0 atom stereocenters. The standard InChI is InChI=1S/C20H14Cl2FNO4/c1-27-19(25)15-16(20(26)28-2)18(23)24(14-9-7-13(22)8-10-14)17(15)11-3-5-12(21)6-4-11/h3-10H,1-2H3. The lowest BCUT2D eigenvalue weighted by atomic mass is 10.0. The zero-order valence-electron chi connectivity index (χ0n) is 14.8. The Bertz CT molecular complexity index is 1040. The van der Waals surface area contributed by atoms with Gasteiger partial charge in [-0.25, -0.2) is 9.59 Å². The summed E-state index contributed by atoms with van der Waals surface area (Å²) in [4.78, 5) is 24.8. The maximum atomic E-state index is 15.4. The Morgan fingerprint density at radius 2 is 1.29 bits per heavy atom. The van der Waals surface area contributed by atoms with Crippen LogP contribution in [-0.4, -0.2) is 30.7 Å². The van der Waals surface area contributed by atoms with Crippen LogP contribution in [0.3, 0.4) is 0 Å². The number of halogens is 3. The molecule has 0 saturated carbocycles. The van der Waals surface area contributed by atoms with Crippen LogP contribution in [0.2, 0.25) is 10.0 Å². The van der Waals surface area contributed by atoms with Gasteiger partial charge in [-0.05, 0) is 42.0 Å². The zero-order valence-corrected chi connectivity index (χ0v) is 16.3. The molecule has 1 aromatic heterocycles. The van der Waals surface area contributed by atoms with Gasteiger partial charge < -0.3 is 9.47 Å². The highest BCUT2D eigenvalue weighted by molar-refractivity contribution is 6.31. The lowest BCUT2D eigenvalue weighted by Crippen LogP contribution is -2.11. The van der Waals surface area contributed by atoms with Gasteiger partial charge in [0.1, 0.15) is 11.1 Å². The first-order valence-corrected chi connectivity index (χ1v) is 8.77. The molecule has 0 bridgehead atoms. The maximum absolute atomic E-state index is 15.4. The molecule has 28 heavy (non-hydrogen) atoms. The number of esters is 2. The number of methoxy groups -OCH3 is 2. The van der Waals surface area contributed by atoms with E-state index in [9.17, 15) is 9.59 Å². The maximum Gasteiger partial charge on any atom is 0.343 e. The summed E-state index contributed by atoms with van der Waals surface area (Å²) in [7, 11) is 2.25. The van der Waals surface area contributed by atoms with Crippen LogP contribution in [0.1, 0.15) is 20.7 Å². The van der Waals surface area contributed by atoms with E-state index < -0.39 is 23.4 Å². The van der Waals surface area contributed by atoms with Crippen molar-refractivity contribution in [1.82, 2.24) is 4.57 Å². The van der Waals surface area contributed by atoms with Gasteiger partial charge in [-0.3, -0.25) is 4.57 Å². The van der Waals surface area contributed by atoms with Crippen LogP contribution < -0.4 is 0 Å². The summed E-state index contributed by atoms with van der Waals surface area (Å²) < 4.78 is 26.1. The van der Waals surface area contributed by atoms with Gasteiger partial charge in [-0.15, -0.1) is 0 Å². The Kier molecular flexibility index (Phi) is 5.72. The SMILES string of the molecule is COC(=O)c1c(C(=O)OC)c(-c2ccc(Cl)cc2)n(-c2ccc(Cl)cc2)c1F. The smallest absolute Gasteiger partial charge is 0.343 e. The molecule has 0 fully saturated rings. The third kappa shape index (κ3) is 3.48. The molecule has 3 rings (SSSR count). The lowest BCUT2D eigenvalue weighted by Gasteiger charge is -2.12. The summed E-state index contributed by atoms with van der Waals surface area (Å²) in [6, 6.07) is 12.7. The van der Waals surface area contributed by atoms with E-state index in [2.05, 4.69) is 4.74 Å². The van der Waals surface area contributed by atoms with Gasteiger partial charge in [0.05, 0.1) is 19.9 Å². The Balaban J connectivity index is 2.44. The van der Waals surface area contributed by atoms with Crippen molar-refractivity contribution in [2.45, 2.75) is 0 Å². The summed E-state index contributed by atoms with van der Waals surface area (Å²) in [5, 5.41) is 0.910. The minimum atomic E-state index is -0.999. The molecule has 5 nitrogen and oxygen atoms in total. The number of hydrogen-bond acceptors (Lipinski definition) is 4. The molecule has 0 spiro atoms. The molecule has 0 amide bonds. The molecule has 0 radical (unpaired) electrons. The predicted molar refractivity (Wildman–Crippen MR) is 104 cm³/mol. The van der Waals surface area contributed by atoms with Crippen molar-refractivity contribution in [2.75, 3.05) is 14.2 Å². The third-order valence-electron chi connectivity index (χ3n) is 4.09. The second-order valence-corrected chi connectivity index (χ2v) is 6.56. The van der Waals surface area contributed by atoms with Crippen molar-refractivity contribution < 1.29 is 23.5 Å². The molecule has 0 unspecified atom stereocenters. The fraction of sp³-hybridized carbons (Fsp3) is 0.100. The molecule has 2 aromatic carbocycles. The van der Waals surface area contributed by atoms with Gasteiger partial charge in [0.2, 0.25) is 5.95 Å². The number of rotatable bonds is 4. The van der Waals surface area contributed by atoms with Crippen molar-refractivity contribution in [2.24, 2.45) is 0 Å². The second-order valence-electron chi connectivity index (χ2n) is 5.69. The van der Waals surface area contributed by atoms with E-state index in [4.69, 9.17) is 27.9 Å². The third-order valence-corrected chi connectivity index (χ3v) is 4.60. The van der Waals surface area contributed by atoms with Gasteiger partial charge >= 0.3 is 11.9 Å². The largest absolute Gasteiger partial charge is 0.465 e. The first-order chi connectivity index (χ1) is 13.4. The highest BCUT2D eigenvalue weighted by Gasteiger charge is 2.34. The lowest BCUT2D eigenvalue weighted by molar-refractivity contribution is 0.0553. The Morgan fingerprint density at radius 1 is 0.821 bits per heavy atom. The average Bonchev–Trinajstić information content (AvgIpc) is 3.01. The highest BCUT2D eigenvalue weighted by Crippen LogP contribution is 2.35. The van der Waals surface area contributed by atoms with Crippen LogP contribution in [0.25, 0.3) is 16.9 Å². The average molecular weight is 422 g/mol. The number of ether oxygens (including phenoxy) is 2. The van der Waals surface area contributed by atoms with Gasteiger partial charge in [0.15, 0.2) is 0 Å². The molecule has 144 valence electrons. The minimum absolute atomic E-state index is 0.128. The molecule has 0 saturated heterocycles. The molecule has 1 heterocycles. The van der Waals surface area contributed by atoms with E-state index in [1.54, 1.807) is 48.5 Å². The van der Waals surface area contributed by atoms with E-state index in [0.717, 1.165) is 18.8 Å². The second kappa shape index (κ2) is 8.04. The number of carbonyl (C=O) groups excluding carboxylic acids is 2. The molecule has 0 N–H and O–H groups in total. The van der Waals surface area contributed by atoms with Crippen molar-refractivity contribution in [3.05, 3.63) is 75.7 Å². The van der Waals surface area contributed by atoms with E-state index >= 15 is 4.39 Å². The van der Waals surface area contributed by atoms with Gasteiger partial charge in [-0.1, -0.05) is 35.3 Å². The van der Waals surface area contributed by atoms with Crippen LogP contribution in [0.5, 0.6) is 0 Å². The topological polar surface area (TPSA) is 57.5 Å². The van der Waals surface area contributed by atoms with Gasteiger partial charge in [0, 0.05) is 15.7 Å². The van der Waals surface area contributed by atoms with E-state index in [1.807, 2.05) is 0 Å². The van der Waals surface area contributed by atoms with E-state index in [-0.39, 0.29) is 11.3 Å². The van der Waals surface area contributed by atoms with Gasteiger partial charge in [-0.2, -0.15) is 4.39 Å². The first kappa shape index (κ1) is 19.9. The quantitative estimate of drug-likeness (QED) is 0.545. The van der Waals surface area contributed by atoms with Crippen molar-refractivity contribution >= 4 is 35.1 Å². The fourth-order valence-corrected chi connectivity index (χ4v) is 3.10. The summed E-state index contributed by atoms with van der Waals surface area (Å²) in [6.45, 7) is 0. The van der Waals surface area contributed by atoms with Crippen LogP contribution >= 0.6 is 23.2 Å². The Morgan fingerprint density at radius 3 is 1.79 bits per heavy atom. The Hall–Kier alpha value is -2.83. The predicted octanol–water partition coefficient (Wildman–Crippen LogP) is 5.16. The number of carbonyl (C=O) groups is 2. The Labute approximate surface area is 170 Å². The van der Waals surface area contributed by atoms with E-state index in [0.29, 0.717) is 21.3 Å².